The van der Waals surface area contributed by atoms with E-state index in [0.717, 1.165) is 22.3 Å². The summed E-state index contributed by atoms with van der Waals surface area (Å²) in [5, 5.41) is 4.24. The first-order chi connectivity index (χ1) is 10.4. The highest BCUT2D eigenvalue weighted by Gasteiger charge is 2.19. The van der Waals surface area contributed by atoms with Gasteiger partial charge in [0, 0.05) is 37.7 Å². The second-order valence-electron chi connectivity index (χ2n) is 5.52. The van der Waals surface area contributed by atoms with Crippen LogP contribution in [0.15, 0.2) is 23.1 Å². The molecule has 0 saturated heterocycles. The van der Waals surface area contributed by atoms with E-state index >= 15 is 0 Å². The van der Waals surface area contributed by atoms with Crippen molar-refractivity contribution >= 4 is 22.7 Å². The topological polar surface area (TPSA) is 34.9 Å². The Labute approximate surface area is 137 Å². The first-order valence-corrected chi connectivity index (χ1v) is 8.73. The molecule has 0 fully saturated rings. The van der Waals surface area contributed by atoms with E-state index in [0.29, 0.717) is 0 Å². The zero-order valence-electron chi connectivity index (χ0n) is 13.4. The average molecular weight is 330 g/mol. The van der Waals surface area contributed by atoms with Gasteiger partial charge in [-0.25, -0.2) is 4.68 Å². The monoisotopic (exact) mass is 330 g/mol. The Morgan fingerprint density at radius 2 is 1.45 bits per heavy atom. The van der Waals surface area contributed by atoms with Gasteiger partial charge in [-0.2, -0.15) is 5.10 Å². The van der Waals surface area contributed by atoms with Gasteiger partial charge in [-0.05, 0) is 45.4 Å². The SMILES string of the molecule is Cc1cc(-c2cnn(C)c(=O)c2-c2cc(C)sc2C)c(C)s1. The normalized spacial score (nSPS) is 11.1. The van der Waals surface area contributed by atoms with E-state index in [2.05, 4.69) is 44.9 Å². The average Bonchev–Trinajstić information content (AvgIpc) is 2.94. The summed E-state index contributed by atoms with van der Waals surface area (Å²) in [7, 11) is 1.70. The van der Waals surface area contributed by atoms with Crippen molar-refractivity contribution in [3.63, 3.8) is 0 Å². The van der Waals surface area contributed by atoms with Crippen LogP contribution in [-0.2, 0) is 7.05 Å². The quantitative estimate of drug-likeness (QED) is 0.695. The van der Waals surface area contributed by atoms with Crippen LogP contribution in [0.5, 0.6) is 0 Å². The second-order valence-corrected chi connectivity index (χ2v) is 8.44. The number of aryl methyl sites for hydroxylation is 5. The molecular weight excluding hydrogens is 312 g/mol. The van der Waals surface area contributed by atoms with Crippen LogP contribution in [0, 0.1) is 27.7 Å². The van der Waals surface area contributed by atoms with E-state index in [-0.39, 0.29) is 5.56 Å². The Morgan fingerprint density at radius 3 is 1.95 bits per heavy atom. The molecule has 0 aliphatic rings. The lowest BCUT2D eigenvalue weighted by Crippen LogP contribution is -2.21. The fourth-order valence-electron chi connectivity index (χ4n) is 2.78. The Morgan fingerprint density at radius 1 is 0.909 bits per heavy atom. The van der Waals surface area contributed by atoms with Crippen molar-refractivity contribution in [2.45, 2.75) is 27.7 Å². The number of thiophene rings is 2. The summed E-state index contributed by atoms with van der Waals surface area (Å²) in [6.45, 7) is 8.34. The number of nitrogens with zero attached hydrogens (tertiary/aromatic N) is 2. The minimum absolute atomic E-state index is 0.0401. The van der Waals surface area contributed by atoms with E-state index in [4.69, 9.17) is 0 Å². The van der Waals surface area contributed by atoms with Gasteiger partial charge in [-0.3, -0.25) is 4.79 Å². The Hall–Kier alpha value is -1.72. The summed E-state index contributed by atoms with van der Waals surface area (Å²) in [5.41, 5.74) is 3.81. The highest BCUT2D eigenvalue weighted by molar-refractivity contribution is 7.12. The summed E-state index contributed by atoms with van der Waals surface area (Å²) < 4.78 is 1.42. The van der Waals surface area contributed by atoms with Crippen LogP contribution >= 0.6 is 22.7 Å². The third-order valence-corrected chi connectivity index (χ3v) is 5.71. The predicted molar refractivity (Wildman–Crippen MR) is 95.1 cm³/mol. The molecule has 0 spiro atoms. The van der Waals surface area contributed by atoms with Gasteiger partial charge in [-0.15, -0.1) is 22.7 Å². The van der Waals surface area contributed by atoms with Crippen molar-refractivity contribution in [1.29, 1.82) is 0 Å². The largest absolute Gasteiger partial charge is 0.275 e. The van der Waals surface area contributed by atoms with Gasteiger partial charge in [0.05, 0.1) is 11.8 Å². The van der Waals surface area contributed by atoms with Gasteiger partial charge in [0.25, 0.3) is 5.56 Å². The van der Waals surface area contributed by atoms with E-state index in [1.807, 2.05) is 6.20 Å². The van der Waals surface area contributed by atoms with Crippen LogP contribution < -0.4 is 5.56 Å². The van der Waals surface area contributed by atoms with Crippen molar-refractivity contribution in [3.8, 4) is 22.3 Å². The third kappa shape index (κ3) is 2.44. The molecule has 0 atom stereocenters. The fraction of sp³-hybridized carbons (Fsp3) is 0.294. The van der Waals surface area contributed by atoms with Crippen LogP contribution in [0.1, 0.15) is 19.5 Å². The van der Waals surface area contributed by atoms with Gasteiger partial charge in [0.2, 0.25) is 0 Å². The standard InChI is InChI=1S/C17H18N2OS2/c1-9-6-13(11(3)21-9)15-8-18-19(5)17(20)16(15)14-7-10(2)22-12(14)4/h6-8H,1-5H3. The van der Waals surface area contributed by atoms with Crippen LogP contribution in [0.3, 0.4) is 0 Å². The molecule has 3 heterocycles. The Bertz CT molecular complexity index is 915. The molecule has 0 aliphatic heterocycles. The molecule has 0 bridgehead atoms. The number of hydrogen-bond acceptors (Lipinski definition) is 4. The zero-order chi connectivity index (χ0) is 16.0. The molecule has 0 unspecified atom stereocenters. The maximum atomic E-state index is 12.8. The van der Waals surface area contributed by atoms with Crippen LogP contribution in [0.4, 0.5) is 0 Å². The molecule has 0 aliphatic carbocycles. The van der Waals surface area contributed by atoms with Crippen molar-refractivity contribution in [2.75, 3.05) is 0 Å². The molecule has 3 rings (SSSR count). The lowest BCUT2D eigenvalue weighted by Gasteiger charge is -2.10. The molecule has 0 aromatic carbocycles. The van der Waals surface area contributed by atoms with E-state index in [9.17, 15) is 4.79 Å². The lowest BCUT2D eigenvalue weighted by atomic mass is 9.98. The van der Waals surface area contributed by atoms with Gasteiger partial charge >= 0.3 is 0 Å². The highest BCUT2D eigenvalue weighted by atomic mass is 32.1. The van der Waals surface area contributed by atoms with E-state index in [1.54, 1.807) is 29.7 Å². The maximum absolute atomic E-state index is 12.8. The summed E-state index contributed by atoms with van der Waals surface area (Å²) in [5.74, 6) is 0. The summed E-state index contributed by atoms with van der Waals surface area (Å²) >= 11 is 3.48. The van der Waals surface area contributed by atoms with Crippen LogP contribution in [0.2, 0.25) is 0 Å². The highest BCUT2D eigenvalue weighted by Crippen LogP contribution is 2.38. The van der Waals surface area contributed by atoms with Gasteiger partial charge < -0.3 is 0 Å². The first kappa shape index (κ1) is 15.2. The molecule has 0 saturated carbocycles. The van der Waals surface area contributed by atoms with Crippen molar-refractivity contribution in [3.05, 3.63) is 48.2 Å². The predicted octanol–water partition coefficient (Wildman–Crippen LogP) is 4.47. The number of hydrogen-bond donors (Lipinski definition) is 0. The third-order valence-electron chi connectivity index (χ3n) is 3.78. The summed E-state index contributed by atoms with van der Waals surface area (Å²) in [6.07, 6.45) is 1.82. The van der Waals surface area contributed by atoms with Crippen LogP contribution in [-0.4, -0.2) is 9.78 Å². The molecule has 114 valence electrons. The number of aromatic nitrogens is 2. The minimum atomic E-state index is -0.0401. The van der Waals surface area contributed by atoms with E-state index in [1.165, 1.54) is 24.2 Å². The fourth-order valence-corrected chi connectivity index (χ4v) is 4.65. The number of rotatable bonds is 2. The summed E-state index contributed by atoms with van der Waals surface area (Å²) in [4.78, 5) is 17.6. The lowest BCUT2D eigenvalue weighted by molar-refractivity contribution is 0.711. The second kappa shape index (κ2) is 5.48. The molecule has 3 nitrogen and oxygen atoms in total. The molecule has 3 aromatic heterocycles. The molecule has 3 aromatic rings. The van der Waals surface area contributed by atoms with Crippen molar-refractivity contribution in [1.82, 2.24) is 9.78 Å². The maximum Gasteiger partial charge on any atom is 0.275 e. The van der Waals surface area contributed by atoms with E-state index < -0.39 is 0 Å². The smallest absolute Gasteiger partial charge is 0.267 e. The molecule has 0 amide bonds. The first-order valence-electron chi connectivity index (χ1n) is 7.09. The van der Waals surface area contributed by atoms with Gasteiger partial charge in [0.15, 0.2) is 0 Å². The molecule has 5 heteroatoms. The molecule has 0 radical (unpaired) electrons. The molecule has 0 N–H and O–H groups in total. The van der Waals surface area contributed by atoms with Gasteiger partial charge in [-0.1, -0.05) is 0 Å². The summed E-state index contributed by atoms with van der Waals surface area (Å²) in [6, 6.07) is 4.25. The van der Waals surface area contributed by atoms with Crippen LogP contribution in [0.25, 0.3) is 22.3 Å². The Kier molecular flexibility index (Phi) is 3.78. The zero-order valence-corrected chi connectivity index (χ0v) is 15.0. The molecular formula is C17H18N2OS2. The molecule has 22 heavy (non-hydrogen) atoms. The minimum Gasteiger partial charge on any atom is -0.267 e. The Balaban J connectivity index is 2.38. The van der Waals surface area contributed by atoms with Crippen molar-refractivity contribution < 1.29 is 0 Å². The van der Waals surface area contributed by atoms with Crippen molar-refractivity contribution in [2.24, 2.45) is 7.05 Å². The van der Waals surface area contributed by atoms with Gasteiger partial charge in [0.1, 0.15) is 0 Å².